The Morgan fingerprint density at radius 1 is 1.20 bits per heavy atom. The molecule has 1 saturated carbocycles. The molecule has 0 radical (unpaired) electrons. The minimum Gasteiger partial charge on any atom is -0.490 e. The Morgan fingerprint density at radius 2 is 2.00 bits per heavy atom. The normalized spacial score (nSPS) is 23.5. The summed E-state index contributed by atoms with van der Waals surface area (Å²) < 4.78 is 49.1. The van der Waals surface area contributed by atoms with Gasteiger partial charge in [-0.15, -0.1) is 0 Å². The van der Waals surface area contributed by atoms with Gasteiger partial charge in [0.1, 0.15) is 0 Å². The fourth-order valence-electron chi connectivity index (χ4n) is 4.71. The number of rotatable bonds is 12. The number of hydrogen-bond acceptors (Lipinski definition) is 6. The fourth-order valence-corrected chi connectivity index (χ4v) is 6.28. The minimum absolute atomic E-state index is 0.0324. The molecule has 0 spiro atoms. The molecule has 0 aromatic heterocycles. The highest BCUT2D eigenvalue weighted by Gasteiger charge is 2.42. The number of halogens is 1. The van der Waals surface area contributed by atoms with Crippen LogP contribution in [0.25, 0.3) is 0 Å². The summed E-state index contributed by atoms with van der Waals surface area (Å²) in [6.07, 6.45) is 4.82. The van der Waals surface area contributed by atoms with E-state index < -0.39 is 21.4 Å². The highest BCUT2D eigenvalue weighted by atomic mass is 32.2. The van der Waals surface area contributed by atoms with Crippen molar-refractivity contribution in [3.63, 3.8) is 0 Å². The number of unbranched alkanes of at least 4 members (excludes halogenated alkanes) is 2. The fraction of sp³-hybridized carbons (Fsp3) is 0.667. The second-order valence-electron chi connectivity index (χ2n) is 10.0. The molecule has 3 fully saturated rings. The third kappa shape index (κ3) is 6.92. The van der Waals surface area contributed by atoms with Gasteiger partial charge in [0.05, 0.1) is 17.9 Å². The predicted octanol–water partition coefficient (Wildman–Crippen LogP) is 2.18. The number of sulfonamides is 1. The zero-order valence-electron chi connectivity index (χ0n) is 20.2. The van der Waals surface area contributed by atoms with E-state index in [1.54, 1.807) is 17.0 Å². The van der Waals surface area contributed by atoms with Crippen LogP contribution in [-0.2, 0) is 20.4 Å². The number of benzene rings is 1. The molecule has 0 bridgehead atoms. The van der Waals surface area contributed by atoms with Crippen molar-refractivity contribution < 1.29 is 27.1 Å². The van der Waals surface area contributed by atoms with Gasteiger partial charge in [-0.2, -0.15) is 0 Å². The van der Waals surface area contributed by atoms with Gasteiger partial charge < -0.3 is 14.5 Å². The van der Waals surface area contributed by atoms with E-state index in [4.69, 9.17) is 4.74 Å². The summed E-state index contributed by atoms with van der Waals surface area (Å²) in [6.45, 7) is 2.57. The Kier molecular flexibility index (Phi) is 7.97. The number of amides is 3. The quantitative estimate of drug-likeness (QED) is 0.418. The Balaban J connectivity index is 1.34. The third-order valence-corrected chi connectivity index (χ3v) is 8.48. The lowest BCUT2D eigenvalue weighted by molar-refractivity contribution is -0.121. The maximum atomic E-state index is 14.4. The van der Waals surface area contributed by atoms with Crippen LogP contribution in [0.2, 0.25) is 0 Å². The van der Waals surface area contributed by atoms with Gasteiger partial charge in [-0.1, -0.05) is 12.5 Å². The van der Waals surface area contributed by atoms with E-state index in [-0.39, 0.29) is 29.9 Å². The van der Waals surface area contributed by atoms with Crippen LogP contribution in [0.1, 0.15) is 50.5 Å². The lowest BCUT2D eigenvalue weighted by atomic mass is 9.90. The molecule has 4 rings (SSSR count). The van der Waals surface area contributed by atoms with Gasteiger partial charge in [-0.3, -0.25) is 10.1 Å². The second-order valence-corrected chi connectivity index (χ2v) is 11.9. The zero-order chi connectivity index (χ0) is 25.1. The molecule has 2 aliphatic heterocycles. The molecule has 9 nitrogen and oxygen atoms in total. The number of likely N-dealkylation sites (N-methyl/N-ethyl adjacent to an activating group) is 1. The predicted molar refractivity (Wildman–Crippen MR) is 129 cm³/mol. The number of nitrogens with zero attached hydrogens (tertiary/aromatic N) is 2. The Morgan fingerprint density at radius 3 is 2.69 bits per heavy atom. The molecular weight excluding hydrogens is 475 g/mol. The van der Waals surface area contributed by atoms with Crippen LogP contribution < -0.4 is 14.8 Å². The number of imide groups is 1. The van der Waals surface area contributed by atoms with E-state index in [2.05, 4.69) is 14.9 Å². The summed E-state index contributed by atoms with van der Waals surface area (Å²) in [6, 6.07) is 4.27. The highest BCUT2D eigenvalue weighted by molar-refractivity contribution is 7.89. The maximum Gasteiger partial charge on any atom is 0.324 e. The lowest BCUT2D eigenvalue weighted by Crippen LogP contribution is -2.49. The molecule has 2 heterocycles. The van der Waals surface area contributed by atoms with E-state index in [0.717, 1.165) is 19.4 Å². The molecule has 2 saturated heterocycles. The van der Waals surface area contributed by atoms with Crippen molar-refractivity contribution in [2.24, 2.45) is 5.92 Å². The SMILES string of the molecule is CN1CCC(NS(=O)(=O)CCCCCN2CCC(=O)NC2=O)(c2ccc(F)c(OCC3CC3)c2)C1. The van der Waals surface area contributed by atoms with Crippen molar-refractivity contribution in [1.29, 1.82) is 0 Å². The Bertz CT molecular complexity index is 1050. The third-order valence-electron chi connectivity index (χ3n) is 6.95. The second kappa shape index (κ2) is 10.8. The monoisotopic (exact) mass is 510 g/mol. The summed E-state index contributed by atoms with van der Waals surface area (Å²) in [5, 5.41) is 2.29. The molecule has 3 aliphatic rings. The molecule has 2 N–H and O–H groups in total. The summed E-state index contributed by atoms with van der Waals surface area (Å²) >= 11 is 0. The van der Waals surface area contributed by atoms with E-state index >= 15 is 0 Å². The van der Waals surface area contributed by atoms with Crippen molar-refractivity contribution >= 4 is 22.0 Å². The molecule has 1 aromatic rings. The number of hydrogen-bond donors (Lipinski definition) is 2. The van der Waals surface area contributed by atoms with Gasteiger partial charge >= 0.3 is 6.03 Å². The first-order valence-electron chi connectivity index (χ1n) is 12.4. The first-order chi connectivity index (χ1) is 16.7. The number of ether oxygens (including phenoxy) is 1. The smallest absolute Gasteiger partial charge is 0.324 e. The van der Waals surface area contributed by atoms with E-state index in [1.807, 2.05) is 7.05 Å². The van der Waals surface area contributed by atoms with Crippen LogP contribution in [0, 0.1) is 11.7 Å². The molecule has 11 heteroatoms. The zero-order valence-corrected chi connectivity index (χ0v) is 21.0. The van der Waals surface area contributed by atoms with Crippen molar-refractivity contribution in [2.45, 2.75) is 50.5 Å². The van der Waals surface area contributed by atoms with Crippen molar-refractivity contribution in [3.05, 3.63) is 29.6 Å². The molecule has 1 aromatic carbocycles. The van der Waals surface area contributed by atoms with Crippen LogP contribution in [0.4, 0.5) is 9.18 Å². The average molecular weight is 511 g/mol. The maximum absolute atomic E-state index is 14.4. The van der Waals surface area contributed by atoms with Crippen LogP contribution in [0.5, 0.6) is 5.75 Å². The summed E-state index contributed by atoms with van der Waals surface area (Å²) in [7, 11) is -1.67. The molecule has 194 valence electrons. The Hall–Kier alpha value is -2.24. The van der Waals surface area contributed by atoms with Crippen LogP contribution >= 0.6 is 0 Å². The number of carbonyl (C=O) groups excluding carboxylic acids is 2. The summed E-state index contributed by atoms with van der Waals surface area (Å²) in [5.74, 6) is -0.0842. The Labute approximate surface area is 206 Å². The summed E-state index contributed by atoms with van der Waals surface area (Å²) in [4.78, 5) is 26.7. The van der Waals surface area contributed by atoms with Gasteiger partial charge in [-0.25, -0.2) is 22.3 Å². The van der Waals surface area contributed by atoms with E-state index in [1.165, 1.54) is 6.07 Å². The van der Waals surface area contributed by atoms with E-state index in [9.17, 15) is 22.4 Å². The average Bonchev–Trinajstić information content (AvgIpc) is 3.55. The van der Waals surface area contributed by atoms with Crippen molar-refractivity contribution in [1.82, 2.24) is 19.8 Å². The summed E-state index contributed by atoms with van der Waals surface area (Å²) in [5.41, 5.74) is -0.125. The first-order valence-corrected chi connectivity index (χ1v) is 14.0. The van der Waals surface area contributed by atoms with Gasteiger partial charge in [0, 0.05) is 32.6 Å². The molecule has 1 unspecified atom stereocenters. The van der Waals surface area contributed by atoms with Crippen LogP contribution in [-0.4, -0.2) is 75.7 Å². The van der Waals surface area contributed by atoms with E-state index in [0.29, 0.717) is 63.4 Å². The number of likely N-dealkylation sites (tertiary alicyclic amines) is 1. The van der Waals surface area contributed by atoms with Gasteiger partial charge in [0.2, 0.25) is 15.9 Å². The molecule has 1 atom stereocenters. The molecular formula is C24H35FN4O5S. The largest absolute Gasteiger partial charge is 0.490 e. The topological polar surface area (TPSA) is 108 Å². The first kappa shape index (κ1) is 25.8. The molecule has 35 heavy (non-hydrogen) atoms. The van der Waals surface area contributed by atoms with Gasteiger partial charge in [0.25, 0.3) is 0 Å². The van der Waals surface area contributed by atoms with Crippen LogP contribution in [0.15, 0.2) is 18.2 Å². The number of urea groups is 1. The van der Waals surface area contributed by atoms with Gasteiger partial charge in [-0.05, 0) is 62.8 Å². The van der Waals surface area contributed by atoms with Crippen LogP contribution in [0.3, 0.4) is 0 Å². The van der Waals surface area contributed by atoms with Crippen molar-refractivity contribution in [3.8, 4) is 5.75 Å². The number of carbonyl (C=O) groups is 2. The van der Waals surface area contributed by atoms with Gasteiger partial charge in [0.15, 0.2) is 11.6 Å². The van der Waals surface area contributed by atoms with Crippen molar-refractivity contribution in [2.75, 3.05) is 45.6 Å². The number of nitrogens with one attached hydrogen (secondary N) is 2. The standard InChI is InChI=1S/C24H35FN4O5S/c1-28-13-10-24(17-28,19-7-8-20(25)21(15-19)34-16-18-5-6-18)27-35(32,33)14-4-2-3-11-29-12-9-22(30)26-23(29)31/h7-8,15,18,27H,2-6,9-14,16-17H2,1H3,(H,26,30,31). The molecule has 1 aliphatic carbocycles. The minimum atomic E-state index is -3.61. The lowest BCUT2D eigenvalue weighted by Gasteiger charge is -2.31. The molecule has 3 amide bonds. The highest BCUT2D eigenvalue weighted by Crippen LogP contribution is 2.36.